The van der Waals surface area contributed by atoms with Crippen molar-refractivity contribution >= 4 is 28.9 Å². The zero-order valence-electron chi connectivity index (χ0n) is 18.2. The quantitative estimate of drug-likeness (QED) is 0.154. The van der Waals surface area contributed by atoms with E-state index in [4.69, 9.17) is 16.6 Å². The minimum absolute atomic E-state index is 0.00580. The van der Waals surface area contributed by atoms with Crippen molar-refractivity contribution in [2.24, 2.45) is 29.4 Å². The fourth-order valence-corrected chi connectivity index (χ4v) is 6.05. The molecule has 3 aliphatic carbocycles. The van der Waals surface area contributed by atoms with Gasteiger partial charge in [0.2, 0.25) is 0 Å². The van der Waals surface area contributed by atoms with Crippen LogP contribution in [0.25, 0.3) is 0 Å². The highest BCUT2D eigenvalue weighted by Crippen LogP contribution is 2.55. The molecule has 11 heteroatoms. The van der Waals surface area contributed by atoms with Crippen LogP contribution in [0.15, 0.2) is 18.2 Å². The third-order valence-electron chi connectivity index (χ3n) is 7.48. The molecule has 0 heterocycles. The summed E-state index contributed by atoms with van der Waals surface area (Å²) >= 11 is 0. The summed E-state index contributed by atoms with van der Waals surface area (Å²) in [5.41, 5.74) is -0.451. The summed E-state index contributed by atoms with van der Waals surface area (Å²) < 4.78 is 0. The minimum Gasteiger partial charge on any atom is -0.507 e. The van der Waals surface area contributed by atoms with E-state index >= 15 is 0 Å². The fourth-order valence-electron chi connectivity index (χ4n) is 6.05. The molecule has 4 rings (SSSR count). The second-order valence-electron chi connectivity index (χ2n) is 9.47. The van der Waals surface area contributed by atoms with Gasteiger partial charge in [-0.3, -0.25) is 24.7 Å². The van der Waals surface area contributed by atoms with Crippen LogP contribution in [0.2, 0.25) is 0 Å². The molecule has 0 aliphatic heterocycles. The number of ketones is 3. The number of nitrogens with zero attached hydrogens (tertiary/aromatic N) is 1. The summed E-state index contributed by atoms with van der Waals surface area (Å²) in [6, 6.07) is 2.67. The largest absolute Gasteiger partial charge is 0.507 e. The summed E-state index contributed by atoms with van der Waals surface area (Å²) in [6.45, 7) is 1.29. The number of aliphatic hydroxyl groups excluding tert-OH is 1. The maximum atomic E-state index is 13.8. The smallest absolute Gasteiger partial charge is 0.181 e. The van der Waals surface area contributed by atoms with Gasteiger partial charge in [-0.1, -0.05) is 12.1 Å². The lowest BCUT2D eigenvalue weighted by Gasteiger charge is -2.58. The van der Waals surface area contributed by atoms with Crippen LogP contribution >= 0.6 is 0 Å². The van der Waals surface area contributed by atoms with Crippen molar-refractivity contribution in [2.45, 2.75) is 30.3 Å². The van der Waals surface area contributed by atoms with E-state index in [0.29, 0.717) is 0 Å². The number of nitrogens with two attached hydrogens (primary N) is 1. The third kappa shape index (κ3) is 2.67. The summed E-state index contributed by atoms with van der Waals surface area (Å²) in [4.78, 5) is 41.7. The molecule has 33 heavy (non-hydrogen) atoms. The van der Waals surface area contributed by atoms with Gasteiger partial charge >= 0.3 is 0 Å². The number of fused-ring (bicyclic) bond motifs is 3. The van der Waals surface area contributed by atoms with Gasteiger partial charge in [0.15, 0.2) is 23.0 Å². The lowest BCUT2D eigenvalue weighted by Crippen LogP contribution is -2.78. The lowest BCUT2D eigenvalue weighted by atomic mass is 9.48. The molecular weight excluding hydrogens is 432 g/mol. The number of phenols is 1. The highest BCUT2D eigenvalue weighted by molar-refractivity contribution is 6.33. The zero-order valence-corrected chi connectivity index (χ0v) is 18.2. The molecule has 0 amide bonds. The zero-order chi connectivity index (χ0) is 24.8. The third-order valence-corrected chi connectivity index (χ3v) is 7.48. The number of carbonyl (C=O) groups excluding carboxylic acids is 3. The molecule has 176 valence electrons. The van der Waals surface area contributed by atoms with Crippen molar-refractivity contribution in [2.75, 3.05) is 14.1 Å². The SMILES string of the molecule is CN(C)C1C(=O)C(C(=N)N)C(=N)C2(O)C(=O)C3C(=O)c4c(O)cccc4C(C)(O)C3C(O)C12. The van der Waals surface area contributed by atoms with Crippen LogP contribution in [0.3, 0.4) is 0 Å². The van der Waals surface area contributed by atoms with E-state index in [-0.39, 0.29) is 11.1 Å². The van der Waals surface area contributed by atoms with Gasteiger partial charge in [0, 0.05) is 11.8 Å². The van der Waals surface area contributed by atoms with Crippen molar-refractivity contribution in [1.82, 2.24) is 4.90 Å². The van der Waals surface area contributed by atoms with Gasteiger partial charge in [-0.05, 0) is 32.6 Å². The van der Waals surface area contributed by atoms with E-state index in [1.54, 1.807) is 0 Å². The number of carbonyl (C=O) groups is 3. The maximum Gasteiger partial charge on any atom is 0.181 e. The Balaban J connectivity index is 2.01. The molecule has 2 fully saturated rings. The molecular formula is C22H26N4O7. The molecule has 1 aromatic rings. The van der Waals surface area contributed by atoms with E-state index in [1.807, 2.05) is 0 Å². The van der Waals surface area contributed by atoms with Crippen LogP contribution in [0.5, 0.6) is 5.75 Å². The van der Waals surface area contributed by atoms with E-state index in [0.717, 1.165) is 0 Å². The van der Waals surface area contributed by atoms with Crippen molar-refractivity contribution < 1.29 is 34.8 Å². The number of aromatic hydroxyl groups is 1. The number of aliphatic hydroxyl groups is 3. The average molecular weight is 458 g/mol. The highest BCUT2D eigenvalue weighted by Gasteiger charge is 2.73. The number of Topliss-reactive ketones (excluding diaryl/α,β-unsaturated/α-hetero) is 3. The molecule has 8 atom stereocenters. The Hall–Kier alpha value is -2.99. The molecule has 1 aromatic carbocycles. The summed E-state index contributed by atoms with van der Waals surface area (Å²) in [5.74, 6) is -10.7. The van der Waals surface area contributed by atoms with Crippen molar-refractivity contribution in [3.8, 4) is 5.75 Å². The predicted molar refractivity (Wildman–Crippen MR) is 114 cm³/mol. The molecule has 2 saturated carbocycles. The van der Waals surface area contributed by atoms with E-state index in [2.05, 4.69) is 0 Å². The van der Waals surface area contributed by atoms with Gasteiger partial charge in [0.1, 0.15) is 17.5 Å². The summed E-state index contributed by atoms with van der Waals surface area (Å²) in [5, 5.41) is 61.1. The first-order chi connectivity index (χ1) is 15.2. The Morgan fingerprint density at radius 3 is 2.30 bits per heavy atom. The van der Waals surface area contributed by atoms with Crippen LogP contribution in [-0.4, -0.2) is 86.1 Å². The number of phenolic OH excluding ortho intramolecular Hbond substituents is 1. The molecule has 0 aromatic heterocycles. The number of hydrogen-bond acceptors (Lipinski definition) is 10. The van der Waals surface area contributed by atoms with E-state index < -0.39 is 81.7 Å². The van der Waals surface area contributed by atoms with Gasteiger partial charge < -0.3 is 31.6 Å². The Kier molecular flexibility index (Phi) is 4.92. The molecule has 11 nitrogen and oxygen atoms in total. The number of nitrogens with one attached hydrogen (secondary N) is 2. The molecule has 3 aliphatic rings. The number of benzene rings is 1. The van der Waals surface area contributed by atoms with Gasteiger partial charge in [0.25, 0.3) is 0 Å². The Morgan fingerprint density at radius 2 is 1.76 bits per heavy atom. The number of likely N-dealkylation sites (N-methyl/N-ethyl adjacent to an activating group) is 1. The first-order valence-electron chi connectivity index (χ1n) is 10.4. The van der Waals surface area contributed by atoms with Crippen molar-refractivity contribution in [3.05, 3.63) is 29.3 Å². The van der Waals surface area contributed by atoms with Gasteiger partial charge in [-0.25, -0.2) is 0 Å². The number of rotatable bonds is 2. The van der Waals surface area contributed by atoms with Crippen molar-refractivity contribution in [1.29, 1.82) is 10.8 Å². The standard InChI is InChI=1S/C22H26N4O7/c1-21(32)7-5-4-6-8(27)9(7)15(28)10-12(21)17(30)13-14(26(2)3)16(29)11(20(24)25)18(23)22(13,33)19(10)31/h4-6,10-14,17,23,27,30,32-33H,1-3H3,(H3,24,25). The van der Waals surface area contributed by atoms with Crippen LogP contribution in [-0.2, 0) is 15.2 Å². The Bertz CT molecular complexity index is 1130. The van der Waals surface area contributed by atoms with Gasteiger partial charge in [-0.2, -0.15) is 0 Å². The van der Waals surface area contributed by atoms with E-state index in [1.165, 1.54) is 44.1 Å². The van der Waals surface area contributed by atoms with Crippen LogP contribution in [0, 0.1) is 34.5 Å². The second-order valence-corrected chi connectivity index (χ2v) is 9.47. The molecule has 8 unspecified atom stereocenters. The topological polar surface area (TPSA) is 209 Å². The monoisotopic (exact) mass is 458 g/mol. The molecule has 0 bridgehead atoms. The Labute approximate surface area is 188 Å². The number of hydrogen-bond donors (Lipinski definition) is 7. The average Bonchev–Trinajstić information content (AvgIpc) is 2.70. The molecule has 0 saturated heterocycles. The van der Waals surface area contributed by atoms with E-state index in [9.17, 15) is 34.8 Å². The Morgan fingerprint density at radius 1 is 1.15 bits per heavy atom. The highest BCUT2D eigenvalue weighted by atomic mass is 16.3. The van der Waals surface area contributed by atoms with Crippen molar-refractivity contribution in [3.63, 3.8) is 0 Å². The maximum absolute atomic E-state index is 13.8. The van der Waals surface area contributed by atoms with Gasteiger partial charge in [-0.15, -0.1) is 0 Å². The minimum atomic E-state index is -2.80. The van der Waals surface area contributed by atoms with Crippen LogP contribution in [0.4, 0.5) is 0 Å². The molecule has 0 spiro atoms. The molecule has 8 N–H and O–H groups in total. The number of amidine groups is 1. The lowest BCUT2D eigenvalue weighted by molar-refractivity contribution is -0.193. The van der Waals surface area contributed by atoms with Crippen LogP contribution in [0.1, 0.15) is 22.8 Å². The van der Waals surface area contributed by atoms with Gasteiger partial charge in [0.05, 0.1) is 34.9 Å². The predicted octanol–water partition coefficient (Wildman–Crippen LogP) is -1.60. The summed E-state index contributed by atoms with van der Waals surface area (Å²) in [7, 11) is 2.94. The first-order valence-corrected chi connectivity index (χ1v) is 10.4. The van der Waals surface area contributed by atoms with Crippen LogP contribution < -0.4 is 5.73 Å². The fraction of sp³-hybridized carbons (Fsp3) is 0.500. The first kappa shape index (κ1) is 23.2. The normalized spacial score (nSPS) is 40.3. The second kappa shape index (κ2) is 7.00. The molecule has 0 radical (unpaired) electrons. The summed E-state index contributed by atoms with van der Waals surface area (Å²) in [6.07, 6.45) is -1.78.